The number of fused-ring (bicyclic) bond motifs is 1. The number of carbonyl (C=O) groups is 3. The summed E-state index contributed by atoms with van der Waals surface area (Å²) in [6.45, 7) is 1.72. The standard InChI is InChI=1S/C18H22N2O3/c1-12(13-7-3-2-4-8-13)19-16(21)11-20-17(22)14-9-5-6-10-15(14)18(20)23/h2-4,7-8,12,14-15H,5-6,9-11H2,1H3,(H,19,21)/t12-,14-,15-/m0/s1. The van der Waals surface area contributed by atoms with Crippen LogP contribution in [-0.2, 0) is 14.4 Å². The lowest BCUT2D eigenvalue weighted by atomic mass is 9.81. The first-order chi connectivity index (χ1) is 11.1. The summed E-state index contributed by atoms with van der Waals surface area (Å²) in [7, 11) is 0. The Labute approximate surface area is 136 Å². The fraction of sp³-hybridized carbons (Fsp3) is 0.500. The van der Waals surface area contributed by atoms with Gasteiger partial charge in [0.1, 0.15) is 6.54 Å². The molecule has 122 valence electrons. The van der Waals surface area contributed by atoms with Gasteiger partial charge in [0, 0.05) is 0 Å². The van der Waals surface area contributed by atoms with Crippen molar-refractivity contribution in [1.29, 1.82) is 0 Å². The van der Waals surface area contributed by atoms with E-state index in [1.807, 2.05) is 37.3 Å². The number of hydrogen-bond donors (Lipinski definition) is 1. The average Bonchev–Trinajstić information content (AvgIpc) is 2.81. The largest absolute Gasteiger partial charge is 0.348 e. The monoisotopic (exact) mass is 314 g/mol. The third-order valence-corrected chi connectivity index (χ3v) is 4.91. The normalized spacial score (nSPS) is 25.2. The van der Waals surface area contributed by atoms with Crippen LogP contribution in [0.15, 0.2) is 30.3 Å². The van der Waals surface area contributed by atoms with Gasteiger partial charge in [-0.05, 0) is 25.3 Å². The number of carbonyl (C=O) groups excluding carboxylic acids is 3. The van der Waals surface area contributed by atoms with Gasteiger partial charge in [0.05, 0.1) is 17.9 Å². The van der Waals surface area contributed by atoms with Crippen LogP contribution in [0.25, 0.3) is 0 Å². The number of nitrogens with one attached hydrogen (secondary N) is 1. The second-order valence-corrected chi connectivity index (χ2v) is 6.46. The number of imide groups is 1. The van der Waals surface area contributed by atoms with E-state index >= 15 is 0 Å². The maximum absolute atomic E-state index is 12.4. The molecule has 1 aromatic carbocycles. The molecule has 0 radical (unpaired) electrons. The number of hydrogen-bond acceptors (Lipinski definition) is 3. The highest BCUT2D eigenvalue weighted by Gasteiger charge is 2.48. The maximum Gasteiger partial charge on any atom is 0.240 e. The Kier molecular flexibility index (Phi) is 4.46. The molecule has 1 N–H and O–H groups in total. The molecule has 1 aromatic rings. The second kappa shape index (κ2) is 6.52. The molecule has 1 saturated heterocycles. The van der Waals surface area contributed by atoms with Crippen LogP contribution in [0.2, 0.25) is 0 Å². The average molecular weight is 314 g/mol. The molecule has 23 heavy (non-hydrogen) atoms. The van der Waals surface area contributed by atoms with Crippen molar-refractivity contribution in [3.8, 4) is 0 Å². The quantitative estimate of drug-likeness (QED) is 0.865. The van der Waals surface area contributed by atoms with E-state index in [-0.39, 0.29) is 42.1 Å². The van der Waals surface area contributed by atoms with Crippen molar-refractivity contribution >= 4 is 17.7 Å². The van der Waals surface area contributed by atoms with Crippen LogP contribution >= 0.6 is 0 Å². The minimum Gasteiger partial charge on any atom is -0.348 e. The molecule has 2 aliphatic rings. The molecular formula is C18H22N2O3. The summed E-state index contributed by atoms with van der Waals surface area (Å²) in [5.41, 5.74) is 0.994. The number of likely N-dealkylation sites (tertiary alicyclic amines) is 1. The Morgan fingerprint density at radius 3 is 2.26 bits per heavy atom. The SMILES string of the molecule is C[C@H](NC(=O)CN1C(=O)[C@H]2CCCC[C@@H]2C1=O)c1ccccc1. The van der Waals surface area contributed by atoms with Gasteiger partial charge in [-0.1, -0.05) is 43.2 Å². The Morgan fingerprint density at radius 2 is 1.70 bits per heavy atom. The van der Waals surface area contributed by atoms with Gasteiger partial charge in [0.25, 0.3) is 0 Å². The Hall–Kier alpha value is -2.17. The molecule has 1 heterocycles. The number of amides is 3. The molecule has 5 heteroatoms. The molecule has 3 rings (SSSR count). The molecule has 3 atom stereocenters. The second-order valence-electron chi connectivity index (χ2n) is 6.46. The lowest BCUT2D eigenvalue weighted by Gasteiger charge is -2.19. The highest BCUT2D eigenvalue weighted by atomic mass is 16.2. The zero-order valence-corrected chi connectivity index (χ0v) is 13.3. The lowest BCUT2D eigenvalue weighted by molar-refractivity contribution is -0.143. The first-order valence-corrected chi connectivity index (χ1v) is 8.27. The van der Waals surface area contributed by atoms with Crippen LogP contribution in [0.5, 0.6) is 0 Å². The summed E-state index contributed by atoms with van der Waals surface area (Å²) in [6.07, 6.45) is 3.53. The molecule has 0 spiro atoms. The predicted molar refractivity (Wildman–Crippen MR) is 85.2 cm³/mol. The van der Waals surface area contributed by atoms with Crippen LogP contribution in [0.1, 0.15) is 44.2 Å². The third-order valence-electron chi connectivity index (χ3n) is 4.91. The Bertz CT molecular complexity index is 590. The van der Waals surface area contributed by atoms with E-state index in [0.29, 0.717) is 0 Å². The minimum atomic E-state index is -0.290. The van der Waals surface area contributed by atoms with Crippen molar-refractivity contribution < 1.29 is 14.4 Å². The molecule has 0 bridgehead atoms. The van der Waals surface area contributed by atoms with E-state index in [0.717, 1.165) is 36.1 Å². The van der Waals surface area contributed by atoms with Crippen LogP contribution in [-0.4, -0.2) is 29.2 Å². The van der Waals surface area contributed by atoms with Gasteiger partial charge in [-0.3, -0.25) is 19.3 Å². The summed E-state index contributed by atoms with van der Waals surface area (Å²) >= 11 is 0. The summed E-state index contributed by atoms with van der Waals surface area (Å²) in [5.74, 6) is -1.02. The smallest absolute Gasteiger partial charge is 0.240 e. The number of benzene rings is 1. The van der Waals surface area contributed by atoms with Crippen LogP contribution in [0.4, 0.5) is 0 Å². The van der Waals surface area contributed by atoms with Gasteiger partial charge in [-0.2, -0.15) is 0 Å². The molecule has 0 unspecified atom stereocenters. The number of nitrogens with zero attached hydrogens (tertiary/aromatic N) is 1. The fourth-order valence-corrected chi connectivity index (χ4v) is 3.64. The molecule has 1 saturated carbocycles. The minimum absolute atomic E-state index is 0.154. The van der Waals surface area contributed by atoms with E-state index in [2.05, 4.69) is 5.32 Å². The van der Waals surface area contributed by atoms with Gasteiger partial charge in [0.2, 0.25) is 17.7 Å². The van der Waals surface area contributed by atoms with Crippen molar-refractivity contribution in [3.05, 3.63) is 35.9 Å². The zero-order valence-electron chi connectivity index (χ0n) is 13.3. The topological polar surface area (TPSA) is 66.5 Å². The van der Waals surface area contributed by atoms with E-state index < -0.39 is 0 Å². The number of rotatable bonds is 4. The molecule has 1 aliphatic heterocycles. The summed E-state index contributed by atoms with van der Waals surface area (Å²) in [6, 6.07) is 9.46. The molecule has 0 aromatic heterocycles. The Balaban J connectivity index is 1.61. The van der Waals surface area contributed by atoms with Gasteiger partial charge in [-0.15, -0.1) is 0 Å². The van der Waals surface area contributed by atoms with Crippen LogP contribution < -0.4 is 5.32 Å². The summed E-state index contributed by atoms with van der Waals surface area (Å²) < 4.78 is 0. The molecule has 2 fully saturated rings. The maximum atomic E-state index is 12.4. The van der Waals surface area contributed by atoms with Crippen molar-refractivity contribution in [2.45, 2.75) is 38.6 Å². The highest BCUT2D eigenvalue weighted by molar-refractivity contribution is 6.07. The zero-order chi connectivity index (χ0) is 16.4. The van der Waals surface area contributed by atoms with Gasteiger partial charge in [0.15, 0.2) is 0 Å². The van der Waals surface area contributed by atoms with E-state index in [4.69, 9.17) is 0 Å². The van der Waals surface area contributed by atoms with Crippen LogP contribution in [0, 0.1) is 11.8 Å². The third kappa shape index (κ3) is 3.14. The van der Waals surface area contributed by atoms with Crippen molar-refractivity contribution in [3.63, 3.8) is 0 Å². The van der Waals surface area contributed by atoms with Gasteiger partial charge in [-0.25, -0.2) is 0 Å². The summed E-state index contributed by atoms with van der Waals surface area (Å²) in [5, 5.41) is 2.86. The van der Waals surface area contributed by atoms with E-state index in [1.54, 1.807) is 0 Å². The molecule has 5 nitrogen and oxygen atoms in total. The first kappa shape index (κ1) is 15.7. The highest BCUT2D eigenvalue weighted by Crippen LogP contribution is 2.37. The predicted octanol–water partition coefficient (Wildman–Crippen LogP) is 2.04. The van der Waals surface area contributed by atoms with E-state index in [9.17, 15) is 14.4 Å². The summed E-state index contributed by atoms with van der Waals surface area (Å²) in [4.78, 5) is 38.1. The fourth-order valence-electron chi connectivity index (χ4n) is 3.64. The Morgan fingerprint density at radius 1 is 1.13 bits per heavy atom. The lowest BCUT2D eigenvalue weighted by Crippen LogP contribution is -2.41. The van der Waals surface area contributed by atoms with E-state index in [1.165, 1.54) is 0 Å². The van der Waals surface area contributed by atoms with Crippen molar-refractivity contribution in [2.75, 3.05) is 6.54 Å². The van der Waals surface area contributed by atoms with Gasteiger partial charge >= 0.3 is 0 Å². The van der Waals surface area contributed by atoms with Crippen molar-refractivity contribution in [2.24, 2.45) is 11.8 Å². The molecular weight excluding hydrogens is 292 g/mol. The molecule has 1 aliphatic carbocycles. The van der Waals surface area contributed by atoms with Gasteiger partial charge < -0.3 is 5.32 Å². The van der Waals surface area contributed by atoms with Crippen LogP contribution in [0.3, 0.4) is 0 Å². The van der Waals surface area contributed by atoms with Crippen molar-refractivity contribution in [1.82, 2.24) is 10.2 Å². The first-order valence-electron chi connectivity index (χ1n) is 8.27. The molecule has 3 amide bonds.